The normalized spacial score (nSPS) is 24.4. The summed E-state index contributed by atoms with van der Waals surface area (Å²) in [5, 5.41) is 0. The molecule has 0 radical (unpaired) electrons. The smallest absolute Gasteiger partial charge is 0.127 e. The molecule has 0 amide bonds. The van der Waals surface area contributed by atoms with Gasteiger partial charge in [-0.1, -0.05) is 0 Å². The lowest BCUT2D eigenvalue weighted by molar-refractivity contribution is 0.0855. The van der Waals surface area contributed by atoms with Gasteiger partial charge in [0.15, 0.2) is 0 Å². The minimum absolute atomic E-state index is 0.142. The number of rotatable bonds is 5. The largest absolute Gasteiger partial charge is 0.497 e. The predicted octanol–water partition coefficient (Wildman–Crippen LogP) is 3.05. The maximum absolute atomic E-state index is 14.2. The van der Waals surface area contributed by atoms with Crippen LogP contribution in [0.5, 0.6) is 5.75 Å². The molecule has 6 heteroatoms. The Hall–Kier alpha value is -1.92. The van der Waals surface area contributed by atoms with Gasteiger partial charge in [-0.25, -0.2) is 9.37 Å². The first-order valence-corrected chi connectivity index (χ1v) is 9.41. The summed E-state index contributed by atoms with van der Waals surface area (Å²) < 4.78 is 19.5. The number of hydrogen-bond donors (Lipinski definition) is 1. The van der Waals surface area contributed by atoms with Gasteiger partial charge in [-0.2, -0.15) is 0 Å². The van der Waals surface area contributed by atoms with Crippen molar-refractivity contribution in [2.45, 2.75) is 32.4 Å². The average Bonchev–Trinajstić information content (AvgIpc) is 3.28. The predicted molar refractivity (Wildman–Crippen MR) is 98.4 cm³/mol. The number of piperidine rings is 1. The van der Waals surface area contributed by atoms with Gasteiger partial charge in [0.1, 0.15) is 17.4 Å². The zero-order valence-electron chi connectivity index (χ0n) is 15.4. The number of nitrogens with one attached hydrogen (secondary N) is 1. The average molecular weight is 358 g/mol. The van der Waals surface area contributed by atoms with Crippen molar-refractivity contribution in [1.82, 2.24) is 19.8 Å². The highest BCUT2D eigenvalue weighted by molar-refractivity contribution is 5.29. The van der Waals surface area contributed by atoms with Crippen LogP contribution in [0.1, 0.15) is 30.7 Å². The third-order valence-electron chi connectivity index (χ3n) is 5.83. The summed E-state index contributed by atoms with van der Waals surface area (Å²) in [5.41, 5.74) is 1.06. The maximum atomic E-state index is 14.2. The second-order valence-corrected chi connectivity index (χ2v) is 7.77. The number of aromatic amines is 1. The monoisotopic (exact) mass is 358 g/mol. The number of methoxy groups -OCH3 is 1. The molecule has 2 fully saturated rings. The highest BCUT2D eigenvalue weighted by Gasteiger charge is 2.41. The van der Waals surface area contributed by atoms with Crippen molar-refractivity contribution < 1.29 is 9.13 Å². The van der Waals surface area contributed by atoms with E-state index in [2.05, 4.69) is 19.8 Å². The van der Waals surface area contributed by atoms with Crippen molar-refractivity contribution in [1.29, 1.82) is 0 Å². The third-order valence-corrected chi connectivity index (χ3v) is 5.83. The van der Waals surface area contributed by atoms with Crippen LogP contribution in [0.25, 0.3) is 0 Å². The second-order valence-electron chi connectivity index (χ2n) is 7.77. The SMILES string of the molecule is COc1ccc(F)c(CN2CCC[C@]3(CCN(Cc4ncc[nH]4)C3)C2)c1. The first-order chi connectivity index (χ1) is 12.7. The molecule has 0 aliphatic carbocycles. The minimum Gasteiger partial charge on any atom is -0.497 e. The van der Waals surface area contributed by atoms with Crippen LogP contribution in [0, 0.1) is 11.2 Å². The molecule has 1 atom stereocenters. The number of H-pyrrole nitrogens is 1. The van der Waals surface area contributed by atoms with Gasteiger partial charge in [0.05, 0.1) is 13.7 Å². The number of hydrogen-bond acceptors (Lipinski definition) is 4. The van der Waals surface area contributed by atoms with E-state index in [1.165, 1.54) is 25.3 Å². The topological polar surface area (TPSA) is 44.4 Å². The highest BCUT2D eigenvalue weighted by atomic mass is 19.1. The van der Waals surface area contributed by atoms with E-state index in [1.807, 2.05) is 18.5 Å². The lowest BCUT2D eigenvalue weighted by atomic mass is 9.79. The van der Waals surface area contributed by atoms with Crippen molar-refractivity contribution in [2.24, 2.45) is 5.41 Å². The fourth-order valence-corrected chi connectivity index (χ4v) is 4.58. The molecule has 140 valence electrons. The van der Waals surface area contributed by atoms with Crippen LogP contribution >= 0.6 is 0 Å². The number of nitrogens with zero attached hydrogens (tertiary/aromatic N) is 3. The van der Waals surface area contributed by atoms with E-state index in [0.29, 0.717) is 12.0 Å². The number of aromatic nitrogens is 2. The molecule has 0 unspecified atom stereocenters. The molecule has 1 aromatic heterocycles. The molecular weight excluding hydrogens is 331 g/mol. The van der Waals surface area contributed by atoms with Crippen LogP contribution < -0.4 is 4.74 Å². The van der Waals surface area contributed by atoms with Gasteiger partial charge < -0.3 is 9.72 Å². The number of ether oxygens (including phenoxy) is 1. The standard InChI is InChI=1S/C20H27FN4O/c1-26-17-3-4-18(21)16(11-17)12-24-9-2-5-20(14-24)6-10-25(15-20)13-19-22-7-8-23-19/h3-4,7-8,11H,2,5-6,9-10,12-15H2,1H3,(H,22,23)/t20-/m0/s1. The molecule has 2 aliphatic heterocycles. The first-order valence-electron chi connectivity index (χ1n) is 9.41. The fraction of sp³-hybridized carbons (Fsp3) is 0.550. The summed E-state index contributed by atoms with van der Waals surface area (Å²) >= 11 is 0. The Morgan fingerprint density at radius 1 is 1.19 bits per heavy atom. The van der Waals surface area contributed by atoms with Crippen molar-refractivity contribution in [3.8, 4) is 5.75 Å². The van der Waals surface area contributed by atoms with Crippen molar-refractivity contribution in [2.75, 3.05) is 33.3 Å². The molecule has 2 aliphatic rings. The number of benzene rings is 1. The molecule has 1 spiro atoms. The molecule has 4 rings (SSSR count). The molecule has 26 heavy (non-hydrogen) atoms. The zero-order valence-corrected chi connectivity index (χ0v) is 15.4. The Morgan fingerprint density at radius 3 is 2.81 bits per heavy atom. The Morgan fingerprint density at radius 2 is 2.04 bits per heavy atom. The van der Waals surface area contributed by atoms with Crippen LogP contribution in [0.3, 0.4) is 0 Å². The molecule has 0 saturated carbocycles. The maximum Gasteiger partial charge on any atom is 0.127 e. The van der Waals surface area contributed by atoms with Gasteiger partial charge in [0.25, 0.3) is 0 Å². The zero-order chi connectivity index (χ0) is 18.0. The molecule has 1 aromatic carbocycles. The first kappa shape index (κ1) is 17.5. The van der Waals surface area contributed by atoms with E-state index in [-0.39, 0.29) is 5.82 Å². The van der Waals surface area contributed by atoms with Crippen LogP contribution in [-0.4, -0.2) is 53.1 Å². The lowest BCUT2D eigenvalue weighted by Crippen LogP contribution is -2.44. The molecule has 1 N–H and O–H groups in total. The van der Waals surface area contributed by atoms with Gasteiger partial charge in [-0.15, -0.1) is 0 Å². The number of imidazole rings is 1. The van der Waals surface area contributed by atoms with E-state index in [9.17, 15) is 4.39 Å². The molecule has 5 nitrogen and oxygen atoms in total. The summed E-state index contributed by atoms with van der Waals surface area (Å²) in [5.74, 6) is 1.61. The summed E-state index contributed by atoms with van der Waals surface area (Å²) in [4.78, 5) is 12.5. The van der Waals surface area contributed by atoms with Crippen LogP contribution in [0.2, 0.25) is 0 Å². The Bertz CT molecular complexity index is 735. The Kier molecular flexibility index (Phi) is 4.96. The Balaban J connectivity index is 1.40. The summed E-state index contributed by atoms with van der Waals surface area (Å²) in [6.07, 6.45) is 7.35. The highest BCUT2D eigenvalue weighted by Crippen LogP contribution is 2.39. The summed E-state index contributed by atoms with van der Waals surface area (Å²) in [6, 6.07) is 5.02. The lowest BCUT2D eigenvalue weighted by Gasteiger charge is -2.40. The third kappa shape index (κ3) is 3.76. The molecule has 2 saturated heterocycles. The van der Waals surface area contributed by atoms with Crippen LogP contribution in [0.15, 0.2) is 30.6 Å². The van der Waals surface area contributed by atoms with Gasteiger partial charge >= 0.3 is 0 Å². The minimum atomic E-state index is -0.142. The van der Waals surface area contributed by atoms with E-state index in [1.54, 1.807) is 13.2 Å². The molecule has 0 bridgehead atoms. The van der Waals surface area contributed by atoms with Gasteiger partial charge in [0, 0.05) is 37.6 Å². The van der Waals surface area contributed by atoms with Gasteiger partial charge in [0.2, 0.25) is 0 Å². The molecule has 2 aromatic rings. The van der Waals surface area contributed by atoms with Gasteiger partial charge in [-0.05, 0) is 56.0 Å². The van der Waals surface area contributed by atoms with E-state index >= 15 is 0 Å². The van der Waals surface area contributed by atoms with E-state index < -0.39 is 0 Å². The summed E-state index contributed by atoms with van der Waals surface area (Å²) in [7, 11) is 1.62. The Labute approximate surface area is 154 Å². The van der Waals surface area contributed by atoms with E-state index in [4.69, 9.17) is 4.74 Å². The van der Waals surface area contributed by atoms with E-state index in [0.717, 1.165) is 49.9 Å². The van der Waals surface area contributed by atoms with Crippen molar-refractivity contribution >= 4 is 0 Å². The van der Waals surface area contributed by atoms with Gasteiger partial charge in [-0.3, -0.25) is 9.80 Å². The number of likely N-dealkylation sites (tertiary alicyclic amines) is 2. The fourth-order valence-electron chi connectivity index (χ4n) is 4.58. The molecule has 3 heterocycles. The quantitative estimate of drug-likeness (QED) is 0.892. The number of halogens is 1. The van der Waals surface area contributed by atoms with Crippen LogP contribution in [0.4, 0.5) is 4.39 Å². The van der Waals surface area contributed by atoms with Crippen LogP contribution in [-0.2, 0) is 13.1 Å². The van der Waals surface area contributed by atoms with Crippen molar-refractivity contribution in [3.05, 3.63) is 47.8 Å². The molecular formula is C20H27FN4O. The summed E-state index contributed by atoms with van der Waals surface area (Å²) in [6.45, 7) is 5.84. The second kappa shape index (κ2) is 7.37. The van der Waals surface area contributed by atoms with Crippen molar-refractivity contribution in [3.63, 3.8) is 0 Å².